The molecular weight excluding hydrogens is 274 g/mol. The lowest BCUT2D eigenvalue weighted by atomic mass is 10.1. The number of hydrogen-bond acceptors (Lipinski definition) is 3. The first-order valence-electron chi connectivity index (χ1n) is 8.29. The van der Waals surface area contributed by atoms with E-state index >= 15 is 0 Å². The molecule has 1 unspecified atom stereocenters. The van der Waals surface area contributed by atoms with Crippen molar-refractivity contribution >= 4 is 17.3 Å². The maximum atomic E-state index is 12.1. The third-order valence-corrected chi connectivity index (χ3v) is 3.86. The molecule has 1 atom stereocenters. The molecule has 2 rings (SSSR count). The zero-order chi connectivity index (χ0) is 16.2. The molecule has 4 nitrogen and oxygen atoms in total. The van der Waals surface area contributed by atoms with Crippen LogP contribution >= 0.6 is 0 Å². The molecule has 0 aliphatic carbocycles. The number of amides is 1. The van der Waals surface area contributed by atoms with Crippen LogP contribution in [0.3, 0.4) is 0 Å². The van der Waals surface area contributed by atoms with E-state index in [1.54, 1.807) is 0 Å². The summed E-state index contributed by atoms with van der Waals surface area (Å²) in [6, 6.07) is 8.15. The van der Waals surface area contributed by atoms with Gasteiger partial charge in [-0.15, -0.1) is 0 Å². The van der Waals surface area contributed by atoms with Gasteiger partial charge in [-0.3, -0.25) is 4.79 Å². The smallest absolute Gasteiger partial charge is 0.242 e. The molecule has 0 aromatic heterocycles. The van der Waals surface area contributed by atoms with Crippen molar-refractivity contribution in [3.05, 3.63) is 24.3 Å². The summed E-state index contributed by atoms with van der Waals surface area (Å²) >= 11 is 0. The minimum Gasteiger partial charge on any atom is -0.374 e. The normalized spacial score (nSPS) is 17.0. The van der Waals surface area contributed by atoms with E-state index in [2.05, 4.69) is 39.8 Å². The zero-order valence-electron chi connectivity index (χ0n) is 14.3. The highest BCUT2D eigenvalue weighted by Gasteiger charge is 2.19. The molecule has 1 aromatic carbocycles. The minimum absolute atomic E-state index is 0.0209. The molecule has 1 fully saturated rings. The fraction of sp³-hybridized carbons (Fsp3) is 0.611. The van der Waals surface area contributed by atoms with E-state index in [0.29, 0.717) is 0 Å². The summed E-state index contributed by atoms with van der Waals surface area (Å²) < 4.78 is 0. The van der Waals surface area contributed by atoms with Crippen LogP contribution in [0.4, 0.5) is 11.4 Å². The van der Waals surface area contributed by atoms with Crippen LogP contribution in [0, 0.1) is 0 Å². The maximum Gasteiger partial charge on any atom is 0.242 e. The summed E-state index contributed by atoms with van der Waals surface area (Å²) in [6.45, 7) is 10.2. The number of nitrogens with zero attached hydrogens (tertiary/aromatic N) is 1. The van der Waals surface area contributed by atoms with Crippen LogP contribution in [0.5, 0.6) is 0 Å². The van der Waals surface area contributed by atoms with Gasteiger partial charge in [0, 0.05) is 30.0 Å². The molecule has 1 heterocycles. The van der Waals surface area contributed by atoms with Gasteiger partial charge in [-0.05, 0) is 71.2 Å². The maximum absolute atomic E-state index is 12.1. The van der Waals surface area contributed by atoms with Gasteiger partial charge in [0.2, 0.25) is 5.91 Å². The van der Waals surface area contributed by atoms with E-state index in [1.807, 2.05) is 27.7 Å². The predicted octanol–water partition coefficient (Wildman–Crippen LogP) is 3.39. The van der Waals surface area contributed by atoms with Crippen LogP contribution in [0.15, 0.2) is 24.3 Å². The number of carbonyl (C=O) groups is 1. The molecule has 0 saturated carbocycles. The van der Waals surface area contributed by atoms with Crippen molar-refractivity contribution in [3.8, 4) is 0 Å². The summed E-state index contributed by atoms with van der Waals surface area (Å²) in [4.78, 5) is 14.5. The molecule has 1 aromatic rings. The Morgan fingerprint density at radius 1 is 1.09 bits per heavy atom. The zero-order valence-corrected chi connectivity index (χ0v) is 14.3. The van der Waals surface area contributed by atoms with E-state index in [9.17, 15) is 4.79 Å². The lowest BCUT2D eigenvalue weighted by Crippen LogP contribution is -2.47. The van der Waals surface area contributed by atoms with Crippen LogP contribution in [0.25, 0.3) is 0 Å². The van der Waals surface area contributed by atoms with Crippen molar-refractivity contribution in [1.82, 2.24) is 5.32 Å². The number of nitrogens with one attached hydrogen (secondary N) is 2. The summed E-state index contributed by atoms with van der Waals surface area (Å²) in [5.74, 6) is 0.0209. The Morgan fingerprint density at radius 3 is 2.23 bits per heavy atom. The monoisotopic (exact) mass is 303 g/mol. The molecule has 122 valence electrons. The van der Waals surface area contributed by atoms with Crippen LogP contribution in [0.2, 0.25) is 0 Å². The van der Waals surface area contributed by atoms with Crippen molar-refractivity contribution in [2.24, 2.45) is 0 Å². The molecule has 0 spiro atoms. The summed E-state index contributed by atoms with van der Waals surface area (Å²) in [7, 11) is 0. The number of benzene rings is 1. The fourth-order valence-corrected chi connectivity index (χ4v) is 2.71. The average molecular weight is 303 g/mol. The van der Waals surface area contributed by atoms with Gasteiger partial charge < -0.3 is 15.5 Å². The predicted molar refractivity (Wildman–Crippen MR) is 93.5 cm³/mol. The third kappa shape index (κ3) is 4.93. The Balaban J connectivity index is 1.91. The first-order valence-corrected chi connectivity index (χ1v) is 8.29. The Bertz CT molecular complexity index is 484. The molecule has 1 aliphatic heterocycles. The number of rotatable bonds is 4. The number of anilines is 2. The molecule has 1 amide bonds. The molecule has 22 heavy (non-hydrogen) atoms. The Labute approximate surface area is 134 Å². The summed E-state index contributed by atoms with van der Waals surface area (Å²) in [5.41, 5.74) is 2.06. The molecule has 2 N–H and O–H groups in total. The van der Waals surface area contributed by atoms with Crippen LogP contribution in [0.1, 0.15) is 47.0 Å². The van der Waals surface area contributed by atoms with Crippen LogP contribution in [-0.4, -0.2) is 30.6 Å². The largest absolute Gasteiger partial charge is 0.374 e. The number of carbonyl (C=O) groups excluding carboxylic acids is 1. The number of hydrogen-bond donors (Lipinski definition) is 2. The highest BCUT2D eigenvalue weighted by Crippen LogP contribution is 2.22. The number of piperidine rings is 1. The van der Waals surface area contributed by atoms with Gasteiger partial charge in [0.05, 0.1) is 0 Å². The molecular formula is C18H29N3O. The Morgan fingerprint density at radius 2 is 1.68 bits per heavy atom. The second-order valence-electron chi connectivity index (χ2n) is 7.20. The van der Waals surface area contributed by atoms with E-state index < -0.39 is 0 Å². The molecule has 0 bridgehead atoms. The first-order chi connectivity index (χ1) is 10.3. The van der Waals surface area contributed by atoms with Crippen molar-refractivity contribution < 1.29 is 4.79 Å². The van der Waals surface area contributed by atoms with E-state index in [-0.39, 0.29) is 17.5 Å². The van der Waals surface area contributed by atoms with Gasteiger partial charge >= 0.3 is 0 Å². The van der Waals surface area contributed by atoms with Gasteiger partial charge in [0.15, 0.2) is 0 Å². The average Bonchev–Trinajstić information content (AvgIpc) is 2.47. The van der Waals surface area contributed by atoms with Crippen molar-refractivity contribution in [3.63, 3.8) is 0 Å². The van der Waals surface area contributed by atoms with Gasteiger partial charge in [0.25, 0.3) is 0 Å². The second kappa shape index (κ2) is 7.03. The quantitative estimate of drug-likeness (QED) is 0.896. The topological polar surface area (TPSA) is 44.4 Å². The van der Waals surface area contributed by atoms with Gasteiger partial charge in [-0.2, -0.15) is 0 Å². The first kappa shape index (κ1) is 16.7. The van der Waals surface area contributed by atoms with Gasteiger partial charge in [-0.1, -0.05) is 0 Å². The highest BCUT2D eigenvalue weighted by molar-refractivity contribution is 5.84. The van der Waals surface area contributed by atoms with Gasteiger partial charge in [-0.25, -0.2) is 0 Å². The lowest BCUT2D eigenvalue weighted by Gasteiger charge is -2.29. The second-order valence-corrected chi connectivity index (χ2v) is 7.20. The van der Waals surface area contributed by atoms with Gasteiger partial charge in [0.1, 0.15) is 6.04 Å². The highest BCUT2D eigenvalue weighted by atomic mass is 16.2. The standard InChI is InChI=1S/C18H29N3O/c1-14(17(22)20-18(2,3)4)19-15-8-10-16(11-9-15)21-12-6-5-7-13-21/h8-11,14,19H,5-7,12-13H2,1-4H3,(H,20,22). The molecule has 0 radical (unpaired) electrons. The summed E-state index contributed by atoms with van der Waals surface area (Å²) in [6.07, 6.45) is 3.91. The van der Waals surface area contributed by atoms with E-state index in [0.717, 1.165) is 18.8 Å². The Kier molecular flexibility index (Phi) is 5.33. The summed E-state index contributed by atoms with van der Waals surface area (Å²) in [5, 5.41) is 6.26. The molecule has 1 saturated heterocycles. The third-order valence-electron chi connectivity index (χ3n) is 3.86. The van der Waals surface area contributed by atoms with Crippen LogP contribution < -0.4 is 15.5 Å². The molecule has 4 heteroatoms. The Hall–Kier alpha value is -1.71. The van der Waals surface area contributed by atoms with Crippen molar-refractivity contribution in [1.29, 1.82) is 0 Å². The minimum atomic E-state index is -0.250. The molecule has 1 aliphatic rings. The van der Waals surface area contributed by atoms with Crippen LogP contribution in [-0.2, 0) is 4.79 Å². The van der Waals surface area contributed by atoms with Crippen molar-refractivity contribution in [2.75, 3.05) is 23.3 Å². The van der Waals surface area contributed by atoms with E-state index in [1.165, 1.54) is 24.9 Å². The lowest BCUT2D eigenvalue weighted by molar-refractivity contribution is -0.122. The van der Waals surface area contributed by atoms with E-state index in [4.69, 9.17) is 0 Å². The fourth-order valence-electron chi connectivity index (χ4n) is 2.71. The van der Waals surface area contributed by atoms with Crippen molar-refractivity contribution in [2.45, 2.75) is 58.5 Å². The SMILES string of the molecule is CC(Nc1ccc(N2CCCCC2)cc1)C(=O)NC(C)(C)C.